The lowest BCUT2D eigenvalue weighted by Crippen LogP contribution is -2.55. The van der Waals surface area contributed by atoms with Gasteiger partial charge in [0.15, 0.2) is 0 Å². The summed E-state index contributed by atoms with van der Waals surface area (Å²) in [6.07, 6.45) is -0.0573. The maximum Gasteiger partial charge on any atom is 0.416 e. The van der Waals surface area contributed by atoms with E-state index in [1.165, 1.54) is 21.9 Å². The summed E-state index contributed by atoms with van der Waals surface area (Å²) < 4.78 is 80.4. The molecule has 2 N–H and O–H groups in total. The van der Waals surface area contributed by atoms with Gasteiger partial charge in [0, 0.05) is 30.1 Å². The number of rotatable bonds is 5. The molecule has 0 aromatic heterocycles. The van der Waals surface area contributed by atoms with E-state index in [1.54, 1.807) is 13.0 Å². The molecule has 6 rings (SSSR count). The summed E-state index contributed by atoms with van der Waals surface area (Å²) in [7, 11) is 0. The largest absolute Gasteiger partial charge is 0.464 e. The standard InChI is InChI=1S/C36H39F5N4O6/c1-2-50-33(48)35-17-22(35)10-6-4-3-5-7-12-29(42-25-14-23(36(39,40)41)13-24(37)15-25)32(47)45-19-26(16-30(45)31(46)43-35)51-34(49)44-18-21-9-8-11-28(38)27(21)20-44/h6,8-11,13-15,22,26,29-30,42H,2-5,7,12,16-20H2,1H3,(H,43,46)/b10-6-/t22-,26+,29-,30-,35+/m0/s1. The molecule has 1 saturated heterocycles. The zero-order valence-corrected chi connectivity index (χ0v) is 27.9. The van der Waals surface area contributed by atoms with E-state index in [-0.39, 0.29) is 57.1 Å². The number of hydrogen-bond donors (Lipinski definition) is 2. The van der Waals surface area contributed by atoms with Crippen molar-refractivity contribution in [1.29, 1.82) is 0 Å². The van der Waals surface area contributed by atoms with Crippen molar-refractivity contribution >= 4 is 29.6 Å². The van der Waals surface area contributed by atoms with Gasteiger partial charge in [0.2, 0.25) is 11.8 Å². The second-order valence-electron chi connectivity index (χ2n) is 13.5. The molecule has 51 heavy (non-hydrogen) atoms. The van der Waals surface area contributed by atoms with Gasteiger partial charge in [-0.25, -0.2) is 18.4 Å². The Hall–Kier alpha value is -4.69. The van der Waals surface area contributed by atoms with Gasteiger partial charge in [0.1, 0.15) is 35.4 Å². The first-order valence-electron chi connectivity index (χ1n) is 17.1. The minimum atomic E-state index is -4.84. The summed E-state index contributed by atoms with van der Waals surface area (Å²) in [4.78, 5) is 57.3. The van der Waals surface area contributed by atoms with E-state index in [9.17, 15) is 41.1 Å². The third-order valence-corrected chi connectivity index (χ3v) is 9.90. The molecule has 3 heterocycles. The smallest absolute Gasteiger partial charge is 0.416 e. The van der Waals surface area contributed by atoms with Gasteiger partial charge >= 0.3 is 18.2 Å². The van der Waals surface area contributed by atoms with Crippen LogP contribution in [0.15, 0.2) is 48.6 Å². The number of amides is 3. The maximum atomic E-state index is 14.4. The Bertz CT molecular complexity index is 1720. The normalized spacial score (nSPS) is 27.3. The molecule has 2 fully saturated rings. The van der Waals surface area contributed by atoms with Crippen molar-refractivity contribution in [1.82, 2.24) is 15.1 Å². The van der Waals surface area contributed by atoms with Crippen LogP contribution in [0.2, 0.25) is 0 Å². The van der Waals surface area contributed by atoms with Crippen molar-refractivity contribution in [3.63, 3.8) is 0 Å². The SMILES string of the molecule is CCOC(=O)[C@@]12C[C@@H]1/C=C\CCCCC[C@H](Nc1cc(F)cc(C(F)(F)F)c1)C(=O)N1C[C@H](OC(=O)N3Cc4cccc(F)c4C3)C[C@H]1C(=O)N2. The van der Waals surface area contributed by atoms with E-state index in [0.717, 1.165) is 12.5 Å². The number of nitrogens with zero attached hydrogens (tertiary/aromatic N) is 2. The van der Waals surface area contributed by atoms with Crippen LogP contribution in [0.5, 0.6) is 0 Å². The minimum Gasteiger partial charge on any atom is -0.464 e. The molecule has 3 amide bonds. The van der Waals surface area contributed by atoms with Crippen LogP contribution in [0.3, 0.4) is 0 Å². The molecule has 15 heteroatoms. The molecule has 1 saturated carbocycles. The number of alkyl halides is 3. The van der Waals surface area contributed by atoms with Crippen molar-refractivity contribution in [3.05, 3.63) is 76.9 Å². The number of carbonyl (C=O) groups excluding carboxylic acids is 4. The van der Waals surface area contributed by atoms with Crippen LogP contribution >= 0.6 is 0 Å². The Balaban J connectivity index is 1.28. The molecule has 3 aliphatic heterocycles. The van der Waals surface area contributed by atoms with E-state index in [4.69, 9.17) is 9.47 Å². The summed E-state index contributed by atoms with van der Waals surface area (Å²) in [5, 5.41) is 5.59. The summed E-state index contributed by atoms with van der Waals surface area (Å²) in [5.41, 5.74) is -1.88. The van der Waals surface area contributed by atoms with Gasteiger partial charge in [0.25, 0.3) is 0 Å². The monoisotopic (exact) mass is 718 g/mol. The van der Waals surface area contributed by atoms with Gasteiger partial charge in [-0.15, -0.1) is 0 Å². The summed E-state index contributed by atoms with van der Waals surface area (Å²) in [6.45, 7) is 1.54. The molecule has 2 aromatic rings. The number of fused-ring (bicyclic) bond motifs is 3. The molecule has 0 unspecified atom stereocenters. The lowest BCUT2D eigenvalue weighted by molar-refractivity contribution is -0.150. The third-order valence-electron chi connectivity index (χ3n) is 9.90. The molecule has 0 bridgehead atoms. The first-order chi connectivity index (χ1) is 24.3. The zero-order chi connectivity index (χ0) is 36.5. The fraction of sp³-hybridized carbons (Fsp3) is 0.500. The number of ether oxygens (including phenoxy) is 2. The van der Waals surface area contributed by atoms with Gasteiger partial charge < -0.3 is 25.0 Å². The highest BCUT2D eigenvalue weighted by Crippen LogP contribution is 2.46. The second kappa shape index (κ2) is 14.5. The van der Waals surface area contributed by atoms with Crippen LogP contribution in [-0.2, 0) is 43.1 Å². The van der Waals surface area contributed by atoms with Crippen LogP contribution in [0.25, 0.3) is 0 Å². The zero-order valence-electron chi connectivity index (χ0n) is 27.9. The topological polar surface area (TPSA) is 117 Å². The molecule has 2 aromatic carbocycles. The molecule has 4 aliphatic rings. The predicted molar refractivity (Wildman–Crippen MR) is 173 cm³/mol. The molecule has 1 aliphatic carbocycles. The van der Waals surface area contributed by atoms with Crippen LogP contribution in [0.1, 0.15) is 68.6 Å². The minimum absolute atomic E-state index is 0.0311. The Morgan fingerprint density at radius 1 is 1.08 bits per heavy atom. The van der Waals surface area contributed by atoms with Gasteiger partial charge in [-0.2, -0.15) is 13.2 Å². The highest BCUT2D eigenvalue weighted by molar-refractivity contribution is 5.96. The number of nitrogens with one attached hydrogen (secondary N) is 2. The molecule has 274 valence electrons. The van der Waals surface area contributed by atoms with Gasteiger partial charge in [-0.1, -0.05) is 37.1 Å². The van der Waals surface area contributed by atoms with E-state index in [1.807, 2.05) is 12.2 Å². The number of carbonyl (C=O) groups is 4. The van der Waals surface area contributed by atoms with Crippen molar-refractivity contribution in [3.8, 4) is 0 Å². The molecular formula is C36H39F5N4O6. The Kier molecular flexibility index (Phi) is 10.3. The van der Waals surface area contributed by atoms with E-state index >= 15 is 0 Å². The van der Waals surface area contributed by atoms with E-state index in [2.05, 4.69) is 10.6 Å². The first-order valence-corrected chi connectivity index (χ1v) is 17.1. The van der Waals surface area contributed by atoms with Crippen molar-refractivity contribution in [2.45, 2.75) is 94.9 Å². The molecule has 5 atom stereocenters. The summed E-state index contributed by atoms with van der Waals surface area (Å²) >= 11 is 0. The summed E-state index contributed by atoms with van der Waals surface area (Å²) in [6, 6.07) is 4.03. The van der Waals surface area contributed by atoms with Gasteiger partial charge in [-0.3, -0.25) is 14.5 Å². The Morgan fingerprint density at radius 3 is 2.63 bits per heavy atom. The summed E-state index contributed by atoms with van der Waals surface area (Å²) in [5.74, 6) is -3.94. The maximum absolute atomic E-state index is 14.4. The van der Waals surface area contributed by atoms with Crippen molar-refractivity contribution < 1.29 is 50.6 Å². The Labute approximate surface area is 291 Å². The number of anilines is 1. The number of halogens is 5. The number of hydrogen-bond acceptors (Lipinski definition) is 7. The van der Waals surface area contributed by atoms with Crippen LogP contribution in [-0.4, -0.2) is 70.6 Å². The molecule has 0 spiro atoms. The van der Waals surface area contributed by atoms with E-state index < -0.39 is 71.0 Å². The molecule has 10 nitrogen and oxygen atoms in total. The number of benzene rings is 2. The van der Waals surface area contributed by atoms with E-state index in [0.29, 0.717) is 42.5 Å². The first kappa shape index (κ1) is 36.1. The third kappa shape index (κ3) is 7.81. The van der Waals surface area contributed by atoms with Crippen LogP contribution in [0.4, 0.5) is 32.4 Å². The predicted octanol–water partition coefficient (Wildman–Crippen LogP) is 5.84. The number of allylic oxidation sites excluding steroid dienone is 1. The fourth-order valence-corrected chi connectivity index (χ4v) is 7.16. The fourth-order valence-electron chi connectivity index (χ4n) is 7.16. The van der Waals surface area contributed by atoms with Crippen molar-refractivity contribution in [2.75, 3.05) is 18.5 Å². The van der Waals surface area contributed by atoms with Crippen molar-refractivity contribution in [2.24, 2.45) is 5.92 Å². The Morgan fingerprint density at radius 2 is 1.88 bits per heavy atom. The molecular weight excluding hydrogens is 679 g/mol. The van der Waals surface area contributed by atoms with Crippen LogP contribution < -0.4 is 10.6 Å². The van der Waals surface area contributed by atoms with Gasteiger partial charge in [0.05, 0.1) is 25.3 Å². The molecule has 0 radical (unpaired) electrons. The lowest BCUT2D eigenvalue weighted by Gasteiger charge is -2.30. The average Bonchev–Trinajstić information content (AvgIpc) is 3.37. The highest BCUT2D eigenvalue weighted by atomic mass is 19.4. The quantitative estimate of drug-likeness (QED) is 0.227. The van der Waals surface area contributed by atoms with Crippen LogP contribution in [0, 0.1) is 17.6 Å². The average molecular weight is 719 g/mol. The highest BCUT2D eigenvalue weighted by Gasteiger charge is 2.62. The second-order valence-corrected chi connectivity index (χ2v) is 13.5. The lowest BCUT2D eigenvalue weighted by atomic mass is 10.0. The van der Waals surface area contributed by atoms with Gasteiger partial charge in [-0.05, 0) is 62.4 Å². The number of esters is 1.